The van der Waals surface area contributed by atoms with Gasteiger partial charge in [-0.15, -0.1) is 0 Å². The van der Waals surface area contributed by atoms with Gasteiger partial charge in [0.05, 0.1) is 16.5 Å². The van der Waals surface area contributed by atoms with E-state index < -0.39 is 33.8 Å². The van der Waals surface area contributed by atoms with E-state index in [0.29, 0.717) is 50.9 Å². The van der Waals surface area contributed by atoms with Gasteiger partial charge in [0.25, 0.3) is 0 Å². The van der Waals surface area contributed by atoms with E-state index in [2.05, 4.69) is 19.2 Å². The summed E-state index contributed by atoms with van der Waals surface area (Å²) in [4.78, 5) is 14.8. The van der Waals surface area contributed by atoms with E-state index in [1.807, 2.05) is 30.3 Å². The molecule has 1 aliphatic heterocycles. The summed E-state index contributed by atoms with van der Waals surface area (Å²) in [6.07, 6.45) is -3.14. The number of carbonyl (C=O) groups excluding carboxylic acids is 1. The lowest BCUT2D eigenvalue weighted by atomic mass is 9.99. The monoisotopic (exact) mass is 553 g/mol. The number of piperidine rings is 1. The van der Waals surface area contributed by atoms with Crippen molar-refractivity contribution in [1.82, 2.24) is 14.5 Å². The molecule has 1 heterocycles. The average Bonchev–Trinajstić information content (AvgIpc) is 2.86. The van der Waals surface area contributed by atoms with E-state index in [1.165, 1.54) is 10.4 Å². The number of rotatable bonds is 10. The molecular formula is C28H38F3N3O3S. The Morgan fingerprint density at radius 3 is 2.21 bits per heavy atom. The Kier molecular flexibility index (Phi) is 10.00. The molecule has 0 unspecified atom stereocenters. The number of carbonyl (C=O) groups is 1. The van der Waals surface area contributed by atoms with Gasteiger partial charge in [0.1, 0.15) is 0 Å². The van der Waals surface area contributed by atoms with Crippen LogP contribution < -0.4 is 5.32 Å². The number of halogens is 3. The molecule has 1 aliphatic rings. The summed E-state index contributed by atoms with van der Waals surface area (Å²) in [6, 6.07) is 12.5. The molecule has 10 heteroatoms. The first-order chi connectivity index (χ1) is 17.8. The summed E-state index contributed by atoms with van der Waals surface area (Å²) in [7, 11) is -4.17. The third-order valence-electron chi connectivity index (χ3n) is 6.78. The second kappa shape index (κ2) is 12.6. The molecule has 2 aromatic rings. The molecule has 0 saturated carbocycles. The van der Waals surface area contributed by atoms with E-state index in [4.69, 9.17) is 0 Å². The van der Waals surface area contributed by atoms with Gasteiger partial charge in [-0.3, -0.25) is 4.79 Å². The fourth-order valence-electron chi connectivity index (χ4n) is 4.99. The molecule has 210 valence electrons. The predicted octanol–water partition coefficient (Wildman–Crippen LogP) is 5.30. The average molecular weight is 554 g/mol. The van der Waals surface area contributed by atoms with Crippen LogP contribution in [0.1, 0.15) is 58.1 Å². The number of amides is 1. The number of hydrogen-bond donors (Lipinski definition) is 1. The molecule has 0 radical (unpaired) electrons. The molecule has 1 N–H and O–H groups in total. The fraction of sp³-hybridized carbons (Fsp3) is 0.536. The molecule has 1 amide bonds. The van der Waals surface area contributed by atoms with Crippen molar-refractivity contribution >= 4 is 15.9 Å². The number of nitrogens with zero attached hydrogens (tertiary/aromatic N) is 2. The zero-order valence-corrected chi connectivity index (χ0v) is 23.2. The zero-order chi connectivity index (χ0) is 28.1. The predicted molar refractivity (Wildman–Crippen MR) is 142 cm³/mol. The molecule has 0 aromatic heterocycles. The molecule has 0 spiro atoms. The van der Waals surface area contributed by atoms with Crippen molar-refractivity contribution in [3.8, 4) is 0 Å². The highest BCUT2D eigenvalue weighted by Gasteiger charge is 2.39. The lowest BCUT2D eigenvalue weighted by Gasteiger charge is -2.40. The van der Waals surface area contributed by atoms with Crippen LogP contribution in [0.2, 0.25) is 0 Å². The highest BCUT2D eigenvalue weighted by Crippen LogP contribution is 2.33. The van der Waals surface area contributed by atoms with Crippen LogP contribution >= 0.6 is 0 Å². The molecule has 1 saturated heterocycles. The standard InChI is InChI=1S/C28H38F3N3O3S/c1-20(2)17-26(32-19-22-9-6-5-7-10-22)27(35)33-15-13-24(14-16-33)34(21(3)4)38(36,37)25-12-8-11-23(18-25)28(29,30)31/h5-12,18,20-21,24,26,32H,13-17,19H2,1-4H3/t26-/m0/s1. The molecule has 1 fully saturated rings. The van der Waals surface area contributed by atoms with Crippen LogP contribution in [0, 0.1) is 5.92 Å². The van der Waals surface area contributed by atoms with Crippen molar-refractivity contribution in [3.05, 3.63) is 65.7 Å². The van der Waals surface area contributed by atoms with Gasteiger partial charge < -0.3 is 10.2 Å². The van der Waals surface area contributed by atoms with Gasteiger partial charge in [-0.1, -0.05) is 50.2 Å². The lowest BCUT2D eigenvalue weighted by molar-refractivity contribution is -0.137. The third kappa shape index (κ3) is 7.57. The number of likely N-dealkylation sites (tertiary alicyclic amines) is 1. The second-order valence-corrected chi connectivity index (χ2v) is 12.4. The van der Waals surface area contributed by atoms with Crippen molar-refractivity contribution in [1.29, 1.82) is 0 Å². The molecule has 1 atom stereocenters. The number of alkyl halides is 3. The van der Waals surface area contributed by atoms with Gasteiger partial charge >= 0.3 is 6.18 Å². The van der Waals surface area contributed by atoms with Gasteiger partial charge in [-0.2, -0.15) is 17.5 Å². The first kappa shape index (κ1) is 30.1. The van der Waals surface area contributed by atoms with Crippen LogP contribution in [0.5, 0.6) is 0 Å². The van der Waals surface area contributed by atoms with Crippen LogP contribution in [-0.4, -0.2) is 54.7 Å². The number of hydrogen-bond acceptors (Lipinski definition) is 4. The maximum absolute atomic E-state index is 13.5. The third-order valence-corrected chi connectivity index (χ3v) is 8.91. The summed E-state index contributed by atoms with van der Waals surface area (Å²) in [6.45, 7) is 8.89. The summed E-state index contributed by atoms with van der Waals surface area (Å²) in [5.74, 6) is 0.295. The van der Waals surface area contributed by atoms with E-state index in [0.717, 1.165) is 17.7 Å². The number of nitrogens with one attached hydrogen (secondary N) is 1. The molecule has 3 rings (SSSR count). The molecule has 0 aliphatic carbocycles. The van der Waals surface area contributed by atoms with Crippen LogP contribution in [0.3, 0.4) is 0 Å². The van der Waals surface area contributed by atoms with E-state index in [9.17, 15) is 26.4 Å². The zero-order valence-electron chi connectivity index (χ0n) is 22.4. The topological polar surface area (TPSA) is 69.7 Å². The van der Waals surface area contributed by atoms with Gasteiger partial charge in [0, 0.05) is 31.7 Å². The molecular weight excluding hydrogens is 515 g/mol. The second-order valence-electron chi connectivity index (χ2n) is 10.6. The Bertz CT molecular complexity index is 1160. The lowest BCUT2D eigenvalue weighted by Crippen LogP contribution is -2.54. The Balaban J connectivity index is 1.71. The van der Waals surface area contributed by atoms with E-state index in [-0.39, 0.29) is 16.8 Å². The Morgan fingerprint density at radius 1 is 1.03 bits per heavy atom. The first-order valence-corrected chi connectivity index (χ1v) is 14.5. The molecule has 2 aromatic carbocycles. The fourth-order valence-corrected chi connectivity index (χ4v) is 6.92. The van der Waals surface area contributed by atoms with Gasteiger partial charge in [0.15, 0.2) is 0 Å². The van der Waals surface area contributed by atoms with E-state index >= 15 is 0 Å². The minimum atomic E-state index is -4.64. The quantitative estimate of drug-likeness (QED) is 0.434. The Hall–Kier alpha value is -2.43. The maximum Gasteiger partial charge on any atom is 0.416 e. The summed E-state index contributed by atoms with van der Waals surface area (Å²) in [5.41, 5.74) is 0.0852. The Morgan fingerprint density at radius 2 is 1.66 bits per heavy atom. The van der Waals surface area contributed by atoms with Crippen molar-refractivity contribution in [2.24, 2.45) is 5.92 Å². The smallest absolute Gasteiger partial charge is 0.341 e. The first-order valence-electron chi connectivity index (χ1n) is 13.1. The molecule has 6 nitrogen and oxygen atoms in total. The molecule has 38 heavy (non-hydrogen) atoms. The van der Waals surface area contributed by atoms with Gasteiger partial charge in [-0.05, 0) is 62.8 Å². The van der Waals surface area contributed by atoms with Crippen LogP contribution in [0.4, 0.5) is 13.2 Å². The van der Waals surface area contributed by atoms with Crippen molar-refractivity contribution < 1.29 is 26.4 Å². The van der Waals surface area contributed by atoms with Gasteiger partial charge in [0.2, 0.25) is 15.9 Å². The normalized spacial score (nSPS) is 16.4. The van der Waals surface area contributed by atoms with Crippen LogP contribution in [0.15, 0.2) is 59.5 Å². The highest BCUT2D eigenvalue weighted by atomic mass is 32.2. The van der Waals surface area contributed by atoms with Gasteiger partial charge in [-0.25, -0.2) is 8.42 Å². The van der Waals surface area contributed by atoms with Crippen molar-refractivity contribution in [3.63, 3.8) is 0 Å². The van der Waals surface area contributed by atoms with E-state index in [1.54, 1.807) is 18.7 Å². The number of benzene rings is 2. The highest BCUT2D eigenvalue weighted by molar-refractivity contribution is 7.89. The maximum atomic E-state index is 13.5. The SMILES string of the molecule is CC(C)C[C@H](NCc1ccccc1)C(=O)N1CCC(N(C(C)C)S(=O)(=O)c2cccc(C(F)(F)F)c2)CC1. The summed E-state index contributed by atoms with van der Waals surface area (Å²) in [5, 5.41) is 3.39. The largest absolute Gasteiger partial charge is 0.416 e. The van der Waals surface area contributed by atoms with Crippen LogP contribution in [0.25, 0.3) is 0 Å². The summed E-state index contributed by atoms with van der Waals surface area (Å²) >= 11 is 0. The summed E-state index contributed by atoms with van der Waals surface area (Å²) < 4.78 is 68.0. The van der Waals surface area contributed by atoms with Crippen molar-refractivity contribution in [2.75, 3.05) is 13.1 Å². The number of sulfonamides is 1. The minimum Gasteiger partial charge on any atom is -0.341 e. The Labute approximate surface area is 224 Å². The van der Waals surface area contributed by atoms with Crippen LogP contribution in [-0.2, 0) is 27.5 Å². The van der Waals surface area contributed by atoms with Crippen molar-refractivity contribution in [2.45, 2.75) is 82.7 Å². The minimum absolute atomic E-state index is 0.00934. The molecule has 0 bridgehead atoms.